The fourth-order valence-corrected chi connectivity index (χ4v) is 3.03. The Morgan fingerprint density at radius 1 is 1.04 bits per heavy atom. The van der Waals surface area contributed by atoms with Crippen LogP contribution >= 0.6 is 0 Å². The molecular formula is C13H9F3N2O4S. The number of hydrogen-bond acceptors (Lipinski definition) is 4. The van der Waals surface area contributed by atoms with Crippen molar-refractivity contribution in [3.63, 3.8) is 0 Å². The van der Waals surface area contributed by atoms with Gasteiger partial charge in [-0.25, -0.2) is 8.42 Å². The molecule has 2 aromatic rings. The second-order valence-electron chi connectivity index (χ2n) is 4.41. The molecule has 0 aliphatic carbocycles. The lowest BCUT2D eigenvalue weighted by molar-refractivity contribution is -0.387. The minimum atomic E-state index is -4.64. The summed E-state index contributed by atoms with van der Waals surface area (Å²) in [4.78, 5) is 9.35. The number of nitro benzene ring substituents is 1. The summed E-state index contributed by atoms with van der Waals surface area (Å²) in [6.45, 7) is 0. The smallest absolute Gasteiger partial charge is 0.279 e. The number of sulfonamides is 1. The second-order valence-corrected chi connectivity index (χ2v) is 6.06. The fraction of sp³-hybridized carbons (Fsp3) is 0.0769. The van der Waals surface area contributed by atoms with Gasteiger partial charge in [0.2, 0.25) is 0 Å². The molecule has 122 valence electrons. The second kappa shape index (κ2) is 5.88. The molecule has 0 atom stereocenters. The SMILES string of the molecule is O=[N+]([O-])c1ccccc1S(=O)(=O)Nc1cccc(C(F)(F)F)c1. The van der Waals surface area contributed by atoms with E-state index in [0.717, 1.165) is 30.3 Å². The van der Waals surface area contributed by atoms with E-state index in [0.29, 0.717) is 6.07 Å². The summed E-state index contributed by atoms with van der Waals surface area (Å²) >= 11 is 0. The molecule has 0 unspecified atom stereocenters. The number of halogens is 3. The predicted octanol–water partition coefficient (Wildman–Crippen LogP) is 3.41. The van der Waals surface area contributed by atoms with E-state index in [2.05, 4.69) is 0 Å². The van der Waals surface area contributed by atoms with Crippen LogP contribution in [-0.4, -0.2) is 13.3 Å². The van der Waals surface area contributed by atoms with Gasteiger partial charge in [-0.2, -0.15) is 13.2 Å². The summed E-state index contributed by atoms with van der Waals surface area (Å²) in [6, 6.07) is 8.06. The summed E-state index contributed by atoms with van der Waals surface area (Å²) in [5.41, 5.74) is -2.06. The molecule has 0 fully saturated rings. The summed E-state index contributed by atoms with van der Waals surface area (Å²) in [5.74, 6) is 0. The van der Waals surface area contributed by atoms with Gasteiger partial charge in [0.15, 0.2) is 4.90 Å². The first-order valence-corrected chi connectivity index (χ1v) is 7.53. The van der Waals surface area contributed by atoms with Crippen molar-refractivity contribution in [2.75, 3.05) is 4.72 Å². The van der Waals surface area contributed by atoms with Gasteiger partial charge in [0.25, 0.3) is 15.7 Å². The molecule has 0 bridgehead atoms. The minimum absolute atomic E-state index is 0.349. The van der Waals surface area contributed by atoms with Crippen LogP contribution in [0, 0.1) is 10.1 Å². The van der Waals surface area contributed by atoms with E-state index in [1.54, 1.807) is 0 Å². The molecule has 2 rings (SSSR count). The molecule has 0 aliphatic rings. The number of rotatable bonds is 4. The third-order valence-corrected chi connectivity index (χ3v) is 4.22. The van der Waals surface area contributed by atoms with E-state index in [1.807, 2.05) is 4.72 Å². The predicted molar refractivity (Wildman–Crippen MR) is 75.3 cm³/mol. The van der Waals surface area contributed by atoms with Gasteiger partial charge in [-0.3, -0.25) is 14.8 Å². The Bertz CT molecular complexity index is 850. The van der Waals surface area contributed by atoms with Crippen molar-refractivity contribution in [3.05, 3.63) is 64.2 Å². The number of alkyl halides is 3. The molecule has 0 aliphatic heterocycles. The van der Waals surface area contributed by atoms with Crippen molar-refractivity contribution in [1.29, 1.82) is 0 Å². The van der Waals surface area contributed by atoms with Gasteiger partial charge in [0, 0.05) is 11.8 Å². The zero-order chi connectivity index (χ0) is 17.3. The lowest BCUT2D eigenvalue weighted by Gasteiger charge is -2.11. The normalized spacial score (nSPS) is 12.0. The molecular weight excluding hydrogens is 337 g/mol. The maximum atomic E-state index is 12.6. The van der Waals surface area contributed by atoms with Crippen LogP contribution in [0.3, 0.4) is 0 Å². The van der Waals surface area contributed by atoms with Crippen LogP contribution in [0.1, 0.15) is 5.56 Å². The quantitative estimate of drug-likeness (QED) is 0.678. The van der Waals surface area contributed by atoms with Gasteiger partial charge in [-0.1, -0.05) is 18.2 Å². The highest BCUT2D eigenvalue weighted by molar-refractivity contribution is 7.92. The summed E-state index contributed by atoms with van der Waals surface area (Å²) < 4.78 is 64.2. The van der Waals surface area contributed by atoms with Crippen LogP contribution in [0.15, 0.2) is 53.4 Å². The Labute approximate surface area is 128 Å². The Balaban J connectivity index is 2.42. The van der Waals surface area contributed by atoms with Crippen molar-refractivity contribution in [2.24, 2.45) is 0 Å². The third-order valence-electron chi connectivity index (χ3n) is 2.79. The van der Waals surface area contributed by atoms with Crippen LogP contribution in [-0.2, 0) is 16.2 Å². The monoisotopic (exact) mass is 346 g/mol. The molecule has 0 saturated heterocycles. The molecule has 0 radical (unpaired) electrons. The Morgan fingerprint density at radius 2 is 1.70 bits per heavy atom. The van der Waals surface area contributed by atoms with Crippen molar-refractivity contribution in [3.8, 4) is 0 Å². The van der Waals surface area contributed by atoms with Crippen molar-refractivity contribution >= 4 is 21.4 Å². The maximum absolute atomic E-state index is 12.6. The Morgan fingerprint density at radius 3 is 2.30 bits per heavy atom. The molecule has 0 spiro atoms. The van der Waals surface area contributed by atoms with Gasteiger partial charge in [0.05, 0.1) is 10.5 Å². The zero-order valence-electron chi connectivity index (χ0n) is 11.2. The lowest BCUT2D eigenvalue weighted by Crippen LogP contribution is -2.15. The highest BCUT2D eigenvalue weighted by atomic mass is 32.2. The highest BCUT2D eigenvalue weighted by Crippen LogP contribution is 2.32. The topological polar surface area (TPSA) is 89.3 Å². The standard InChI is InChI=1S/C13H9F3N2O4S/c14-13(15,16)9-4-3-5-10(8-9)17-23(21,22)12-7-2-1-6-11(12)18(19)20/h1-8,17H. The highest BCUT2D eigenvalue weighted by Gasteiger charge is 2.31. The van der Waals surface area contributed by atoms with Crippen LogP contribution in [0.25, 0.3) is 0 Å². The summed E-state index contributed by atoms with van der Waals surface area (Å²) in [5, 5.41) is 10.9. The molecule has 6 nitrogen and oxygen atoms in total. The van der Waals surface area contributed by atoms with Crippen LogP contribution in [0.2, 0.25) is 0 Å². The lowest BCUT2D eigenvalue weighted by atomic mass is 10.2. The first-order valence-electron chi connectivity index (χ1n) is 6.05. The van der Waals surface area contributed by atoms with Gasteiger partial charge >= 0.3 is 6.18 Å². The number of nitrogens with zero attached hydrogens (tertiary/aromatic N) is 1. The number of benzene rings is 2. The van der Waals surface area contributed by atoms with Gasteiger partial charge in [-0.05, 0) is 24.3 Å². The Kier molecular flexibility index (Phi) is 4.28. The van der Waals surface area contributed by atoms with Crippen LogP contribution in [0.5, 0.6) is 0 Å². The molecule has 0 heterocycles. The molecule has 2 aromatic carbocycles. The zero-order valence-corrected chi connectivity index (χ0v) is 12.1. The van der Waals surface area contributed by atoms with Crippen LogP contribution in [0.4, 0.5) is 24.5 Å². The van der Waals surface area contributed by atoms with E-state index in [-0.39, 0.29) is 5.69 Å². The summed E-state index contributed by atoms with van der Waals surface area (Å²) in [7, 11) is -4.41. The molecule has 0 amide bonds. The number of hydrogen-bond donors (Lipinski definition) is 1. The fourth-order valence-electron chi connectivity index (χ4n) is 1.80. The number of anilines is 1. The molecule has 1 N–H and O–H groups in total. The van der Waals surface area contributed by atoms with E-state index in [9.17, 15) is 31.7 Å². The molecule has 23 heavy (non-hydrogen) atoms. The first kappa shape index (κ1) is 16.7. The van der Waals surface area contributed by atoms with Gasteiger partial charge < -0.3 is 0 Å². The van der Waals surface area contributed by atoms with E-state index < -0.39 is 37.3 Å². The largest absolute Gasteiger partial charge is 0.416 e. The van der Waals surface area contributed by atoms with Gasteiger partial charge in [0.1, 0.15) is 0 Å². The van der Waals surface area contributed by atoms with Crippen molar-refractivity contribution in [2.45, 2.75) is 11.1 Å². The van der Waals surface area contributed by atoms with Gasteiger partial charge in [-0.15, -0.1) is 0 Å². The number of nitro groups is 1. The van der Waals surface area contributed by atoms with E-state index >= 15 is 0 Å². The minimum Gasteiger partial charge on any atom is -0.279 e. The van der Waals surface area contributed by atoms with E-state index in [1.165, 1.54) is 12.1 Å². The Hall–Kier alpha value is -2.62. The molecule has 10 heteroatoms. The van der Waals surface area contributed by atoms with Crippen LogP contribution < -0.4 is 4.72 Å². The molecule has 0 aromatic heterocycles. The van der Waals surface area contributed by atoms with Crippen molar-refractivity contribution in [1.82, 2.24) is 0 Å². The number of nitrogens with one attached hydrogen (secondary N) is 1. The van der Waals surface area contributed by atoms with E-state index in [4.69, 9.17) is 0 Å². The maximum Gasteiger partial charge on any atom is 0.416 e. The average molecular weight is 346 g/mol. The third kappa shape index (κ3) is 3.77. The first-order chi connectivity index (χ1) is 10.6. The molecule has 0 saturated carbocycles. The average Bonchev–Trinajstić information content (AvgIpc) is 2.46. The summed E-state index contributed by atoms with van der Waals surface area (Å²) in [6.07, 6.45) is -4.64. The number of para-hydroxylation sites is 1. The van der Waals surface area contributed by atoms with Crippen molar-refractivity contribution < 1.29 is 26.5 Å².